The van der Waals surface area contributed by atoms with Gasteiger partial charge in [-0.05, 0) is 63.2 Å². The minimum atomic E-state index is -0.656. The summed E-state index contributed by atoms with van der Waals surface area (Å²) in [6.07, 6.45) is 8.64. The van der Waals surface area contributed by atoms with Crippen LogP contribution < -0.4 is 0 Å². The third-order valence-corrected chi connectivity index (χ3v) is 5.28. The Morgan fingerprint density at radius 3 is 2.65 bits per heavy atom. The van der Waals surface area contributed by atoms with Crippen LogP contribution in [0.3, 0.4) is 0 Å². The average Bonchev–Trinajstić information content (AvgIpc) is 2.42. The zero-order chi connectivity index (χ0) is 14.8. The summed E-state index contributed by atoms with van der Waals surface area (Å²) < 4.78 is 5.13. The van der Waals surface area contributed by atoms with E-state index in [9.17, 15) is 0 Å². The molecular weight excluding hydrogens is 252 g/mol. The Hall–Kier alpha value is -0.380. The van der Waals surface area contributed by atoms with E-state index in [4.69, 9.17) is 14.5 Å². The summed E-state index contributed by atoms with van der Waals surface area (Å²) in [6.45, 7) is 9.19. The van der Waals surface area contributed by atoms with Gasteiger partial charge in [0.05, 0.1) is 6.61 Å². The topological polar surface area (TPSA) is 27.7 Å². The molecule has 0 aliphatic heterocycles. The molecule has 0 aromatic heterocycles. The van der Waals surface area contributed by atoms with Crippen LogP contribution in [-0.2, 0) is 14.5 Å². The SMILES string of the molecule is COC(C)(C)OOCCCCC1=CC[C@@H]2C[C@H]1C2(C)C. The molecule has 3 aliphatic carbocycles. The molecule has 116 valence electrons. The van der Waals surface area contributed by atoms with Crippen molar-refractivity contribution in [2.75, 3.05) is 13.7 Å². The number of fused-ring (bicyclic) bond motifs is 1. The lowest BCUT2D eigenvalue weighted by molar-refractivity contribution is -0.413. The van der Waals surface area contributed by atoms with Crippen LogP contribution in [0.15, 0.2) is 11.6 Å². The first-order valence-corrected chi connectivity index (χ1v) is 7.91. The standard InChI is InChI=1S/C17H30O3/c1-16(2)14-10-9-13(15(16)12-14)8-6-7-11-19-20-17(3,4)18-5/h9,14-15H,6-8,10-12H2,1-5H3/t14-,15-/m1/s1. The first-order valence-electron chi connectivity index (χ1n) is 7.91. The Bertz CT molecular complexity index is 357. The van der Waals surface area contributed by atoms with Crippen molar-refractivity contribution in [2.24, 2.45) is 17.3 Å². The molecule has 0 spiro atoms. The molecule has 1 saturated carbocycles. The second kappa shape index (κ2) is 6.17. The lowest BCUT2D eigenvalue weighted by atomic mass is 9.48. The molecule has 3 aliphatic rings. The third-order valence-electron chi connectivity index (χ3n) is 5.28. The van der Waals surface area contributed by atoms with E-state index in [0.717, 1.165) is 18.3 Å². The summed E-state index contributed by atoms with van der Waals surface area (Å²) in [4.78, 5) is 10.4. The summed E-state index contributed by atoms with van der Waals surface area (Å²) in [5, 5.41) is 0. The second-order valence-corrected chi connectivity index (χ2v) is 7.29. The highest BCUT2D eigenvalue weighted by molar-refractivity contribution is 5.23. The van der Waals surface area contributed by atoms with Gasteiger partial charge in [0.2, 0.25) is 0 Å². The lowest BCUT2D eigenvalue weighted by Crippen LogP contribution is -2.47. The van der Waals surface area contributed by atoms with Crippen LogP contribution in [-0.4, -0.2) is 19.5 Å². The Kier molecular flexibility index (Phi) is 4.93. The van der Waals surface area contributed by atoms with Crippen molar-refractivity contribution in [1.82, 2.24) is 0 Å². The molecule has 0 saturated heterocycles. The van der Waals surface area contributed by atoms with E-state index in [1.807, 2.05) is 13.8 Å². The number of hydrogen-bond acceptors (Lipinski definition) is 3. The van der Waals surface area contributed by atoms with E-state index >= 15 is 0 Å². The van der Waals surface area contributed by atoms with Gasteiger partial charge in [-0.2, -0.15) is 0 Å². The van der Waals surface area contributed by atoms with Crippen molar-refractivity contribution in [3.8, 4) is 0 Å². The largest absolute Gasteiger partial charge is 0.351 e. The first-order chi connectivity index (χ1) is 9.37. The smallest absolute Gasteiger partial charge is 0.195 e. The van der Waals surface area contributed by atoms with Crippen LogP contribution in [0, 0.1) is 17.3 Å². The second-order valence-electron chi connectivity index (χ2n) is 7.29. The van der Waals surface area contributed by atoms with Crippen molar-refractivity contribution >= 4 is 0 Å². The molecule has 3 rings (SSSR count). The molecule has 0 N–H and O–H groups in total. The maximum absolute atomic E-state index is 5.21. The fraction of sp³-hybridized carbons (Fsp3) is 0.882. The van der Waals surface area contributed by atoms with Crippen LogP contribution in [0.25, 0.3) is 0 Å². The molecule has 0 amide bonds. The number of hydrogen-bond donors (Lipinski definition) is 0. The molecule has 3 heteroatoms. The van der Waals surface area contributed by atoms with Gasteiger partial charge >= 0.3 is 0 Å². The predicted molar refractivity (Wildman–Crippen MR) is 80.1 cm³/mol. The van der Waals surface area contributed by atoms with Gasteiger partial charge in [-0.15, -0.1) is 0 Å². The zero-order valence-corrected chi connectivity index (χ0v) is 13.7. The fourth-order valence-electron chi connectivity index (χ4n) is 3.47. The van der Waals surface area contributed by atoms with E-state index in [2.05, 4.69) is 19.9 Å². The number of rotatable bonds is 8. The third kappa shape index (κ3) is 3.44. The molecule has 3 nitrogen and oxygen atoms in total. The van der Waals surface area contributed by atoms with Crippen LogP contribution in [0.4, 0.5) is 0 Å². The summed E-state index contributed by atoms with van der Waals surface area (Å²) in [5.74, 6) is 1.12. The molecule has 0 aromatic carbocycles. The molecule has 1 fully saturated rings. The van der Waals surface area contributed by atoms with Crippen LogP contribution >= 0.6 is 0 Å². The van der Waals surface area contributed by atoms with E-state index in [0.29, 0.717) is 12.0 Å². The van der Waals surface area contributed by atoms with Gasteiger partial charge in [-0.1, -0.05) is 25.5 Å². The quantitative estimate of drug-likeness (QED) is 0.216. The molecule has 0 unspecified atom stereocenters. The first kappa shape index (κ1) is 16.0. The molecule has 0 radical (unpaired) electrons. The fourth-order valence-corrected chi connectivity index (χ4v) is 3.47. The van der Waals surface area contributed by atoms with Crippen molar-refractivity contribution < 1.29 is 14.5 Å². The van der Waals surface area contributed by atoms with Gasteiger partial charge in [0.1, 0.15) is 0 Å². The monoisotopic (exact) mass is 282 g/mol. The van der Waals surface area contributed by atoms with E-state index in [1.165, 1.54) is 25.7 Å². The highest BCUT2D eigenvalue weighted by Crippen LogP contribution is 2.59. The summed E-state index contributed by atoms with van der Waals surface area (Å²) >= 11 is 0. The zero-order valence-electron chi connectivity index (χ0n) is 13.7. The van der Waals surface area contributed by atoms with Gasteiger partial charge in [-0.25, -0.2) is 9.78 Å². The van der Waals surface area contributed by atoms with Gasteiger partial charge in [0.15, 0.2) is 5.79 Å². The normalized spacial score (nSPS) is 27.9. The summed E-state index contributed by atoms with van der Waals surface area (Å²) in [5.41, 5.74) is 2.24. The minimum Gasteiger partial charge on any atom is -0.351 e. The number of unbranched alkanes of at least 4 members (excludes halogenated alkanes) is 1. The van der Waals surface area contributed by atoms with E-state index in [-0.39, 0.29) is 0 Å². The van der Waals surface area contributed by atoms with Crippen molar-refractivity contribution in [3.63, 3.8) is 0 Å². The molecular formula is C17H30O3. The lowest BCUT2D eigenvalue weighted by Gasteiger charge is -2.56. The van der Waals surface area contributed by atoms with E-state index in [1.54, 1.807) is 12.7 Å². The predicted octanol–water partition coefficient (Wildman–Crippen LogP) is 4.48. The maximum atomic E-state index is 5.21. The molecule has 2 bridgehead atoms. The maximum Gasteiger partial charge on any atom is 0.195 e. The van der Waals surface area contributed by atoms with E-state index < -0.39 is 5.79 Å². The van der Waals surface area contributed by atoms with Crippen molar-refractivity contribution in [1.29, 1.82) is 0 Å². The average molecular weight is 282 g/mol. The Balaban J connectivity index is 1.59. The highest BCUT2D eigenvalue weighted by Gasteiger charge is 2.50. The Morgan fingerprint density at radius 2 is 2.05 bits per heavy atom. The van der Waals surface area contributed by atoms with Gasteiger partial charge in [-0.3, -0.25) is 0 Å². The van der Waals surface area contributed by atoms with Crippen molar-refractivity contribution in [2.45, 2.75) is 65.6 Å². The van der Waals surface area contributed by atoms with Gasteiger partial charge in [0.25, 0.3) is 0 Å². The Labute approximate surface area is 123 Å². The van der Waals surface area contributed by atoms with Crippen LogP contribution in [0.5, 0.6) is 0 Å². The van der Waals surface area contributed by atoms with Crippen molar-refractivity contribution in [3.05, 3.63) is 11.6 Å². The molecule has 2 atom stereocenters. The molecule has 20 heavy (non-hydrogen) atoms. The summed E-state index contributed by atoms with van der Waals surface area (Å²) in [7, 11) is 1.62. The summed E-state index contributed by atoms with van der Waals surface area (Å²) in [6, 6.07) is 0. The highest BCUT2D eigenvalue weighted by atomic mass is 17.2. The minimum absolute atomic E-state index is 0.548. The molecule has 0 heterocycles. The number of ether oxygens (including phenoxy) is 1. The van der Waals surface area contributed by atoms with Crippen LogP contribution in [0.2, 0.25) is 0 Å². The van der Waals surface area contributed by atoms with Gasteiger partial charge < -0.3 is 4.74 Å². The number of methoxy groups -OCH3 is 1. The van der Waals surface area contributed by atoms with Crippen LogP contribution in [0.1, 0.15) is 59.8 Å². The Morgan fingerprint density at radius 1 is 1.30 bits per heavy atom. The molecule has 0 aromatic rings. The number of allylic oxidation sites excluding steroid dienone is 2. The van der Waals surface area contributed by atoms with Gasteiger partial charge in [0, 0.05) is 7.11 Å².